The number of nitrogens with two attached hydrogens (primary N) is 1. The third kappa shape index (κ3) is 4.67. The van der Waals surface area contributed by atoms with E-state index >= 15 is 0 Å². The molecular weight excluding hydrogens is 356 g/mol. The topological polar surface area (TPSA) is 85.3 Å². The van der Waals surface area contributed by atoms with Crippen LogP contribution in [-0.2, 0) is 16.4 Å². The lowest BCUT2D eigenvalue weighted by Crippen LogP contribution is -2.21. The van der Waals surface area contributed by atoms with Crippen molar-refractivity contribution in [2.75, 3.05) is 6.54 Å². The predicted octanol–water partition coefficient (Wildman–Crippen LogP) is 2.58. The van der Waals surface area contributed by atoms with Gasteiger partial charge >= 0.3 is 0 Å². The van der Waals surface area contributed by atoms with E-state index in [0.717, 1.165) is 24.3 Å². The Bertz CT molecular complexity index is 695. The minimum Gasteiger partial charge on any atom is -0.453 e. The normalized spacial score (nSPS) is 13.3. The van der Waals surface area contributed by atoms with E-state index in [2.05, 4.69) is 21.2 Å². The van der Waals surface area contributed by atoms with Crippen LogP contribution in [0.5, 0.6) is 0 Å². The summed E-state index contributed by atoms with van der Waals surface area (Å²) in [6.07, 6.45) is 0.789. The summed E-state index contributed by atoms with van der Waals surface area (Å²) in [5.41, 5.74) is 1.04. The van der Waals surface area contributed by atoms with Crippen LogP contribution in [0.3, 0.4) is 0 Å². The maximum atomic E-state index is 11.2. The molecule has 0 bridgehead atoms. The molecule has 0 saturated carbocycles. The minimum absolute atomic E-state index is 0.111. The molecule has 7 heteroatoms. The summed E-state index contributed by atoms with van der Waals surface area (Å²) in [5.74, 6) is 0.867. The van der Waals surface area contributed by atoms with Gasteiger partial charge in [-0.25, -0.2) is 13.6 Å². The Kier molecular flexibility index (Phi) is 5.21. The standard InChI is InChI=1S/C14H17BrN2O3S/c1-10(13-6-7-14(15)20-13)17-9-8-11-2-4-12(5-3-11)21(16,18)19/h2-7,10,17H,8-9H2,1H3,(H2,16,18,19). The smallest absolute Gasteiger partial charge is 0.238 e. The van der Waals surface area contributed by atoms with Crippen molar-refractivity contribution in [3.63, 3.8) is 0 Å². The van der Waals surface area contributed by atoms with E-state index in [1.165, 1.54) is 12.1 Å². The summed E-state index contributed by atoms with van der Waals surface area (Å²) in [7, 11) is -3.62. The molecule has 1 heterocycles. The Morgan fingerprint density at radius 3 is 2.43 bits per heavy atom. The second kappa shape index (κ2) is 6.74. The van der Waals surface area contributed by atoms with Crippen LogP contribution in [0.25, 0.3) is 0 Å². The number of hydrogen-bond acceptors (Lipinski definition) is 4. The van der Waals surface area contributed by atoms with Gasteiger partial charge in [-0.15, -0.1) is 0 Å². The molecule has 2 aromatic rings. The molecule has 0 aliphatic carbocycles. The van der Waals surface area contributed by atoms with Crippen molar-refractivity contribution in [2.45, 2.75) is 24.3 Å². The van der Waals surface area contributed by atoms with Crippen LogP contribution in [0.2, 0.25) is 0 Å². The average Bonchev–Trinajstić information content (AvgIpc) is 2.85. The van der Waals surface area contributed by atoms with Crippen LogP contribution in [0.15, 0.2) is 50.4 Å². The van der Waals surface area contributed by atoms with Gasteiger partial charge in [0.25, 0.3) is 0 Å². The zero-order chi connectivity index (χ0) is 15.5. The molecule has 1 atom stereocenters. The van der Waals surface area contributed by atoms with Gasteiger partial charge in [-0.1, -0.05) is 12.1 Å². The van der Waals surface area contributed by atoms with Crippen LogP contribution in [-0.4, -0.2) is 15.0 Å². The third-order valence-electron chi connectivity index (χ3n) is 3.14. The van der Waals surface area contributed by atoms with Crippen LogP contribution in [0, 0.1) is 0 Å². The first kappa shape index (κ1) is 16.2. The second-order valence-electron chi connectivity index (χ2n) is 4.76. The molecule has 0 aliphatic rings. The largest absolute Gasteiger partial charge is 0.453 e. The number of sulfonamides is 1. The number of rotatable bonds is 6. The highest BCUT2D eigenvalue weighted by Crippen LogP contribution is 2.20. The maximum absolute atomic E-state index is 11.2. The molecule has 3 N–H and O–H groups in total. The average molecular weight is 373 g/mol. The van der Waals surface area contributed by atoms with Crippen molar-refractivity contribution in [3.05, 3.63) is 52.4 Å². The highest BCUT2D eigenvalue weighted by molar-refractivity contribution is 9.10. The molecule has 0 amide bonds. The Hall–Kier alpha value is -1.15. The van der Waals surface area contributed by atoms with Gasteiger partial charge < -0.3 is 9.73 Å². The first-order chi connectivity index (χ1) is 9.86. The van der Waals surface area contributed by atoms with Crippen molar-refractivity contribution in [3.8, 4) is 0 Å². The molecule has 1 unspecified atom stereocenters. The summed E-state index contributed by atoms with van der Waals surface area (Å²) in [6, 6.07) is 10.5. The van der Waals surface area contributed by atoms with Gasteiger partial charge in [-0.2, -0.15) is 0 Å². The van der Waals surface area contributed by atoms with Crippen molar-refractivity contribution >= 4 is 26.0 Å². The number of benzene rings is 1. The SMILES string of the molecule is CC(NCCc1ccc(S(N)(=O)=O)cc1)c1ccc(Br)o1. The predicted molar refractivity (Wildman–Crippen MR) is 84.3 cm³/mol. The van der Waals surface area contributed by atoms with E-state index in [0.29, 0.717) is 4.67 Å². The van der Waals surface area contributed by atoms with Crippen molar-refractivity contribution in [1.82, 2.24) is 5.32 Å². The molecule has 1 aromatic heterocycles. The summed E-state index contributed by atoms with van der Waals surface area (Å²) in [6.45, 7) is 2.78. The zero-order valence-corrected chi connectivity index (χ0v) is 13.9. The second-order valence-corrected chi connectivity index (χ2v) is 7.10. The highest BCUT2D eigenvalue weighted by Gasteiger charge is 2.09. The Labute approximate surface area is 132 Å². The van der Waals surface area contributed by atoms with Crippen molar-refractivity contribution in [1.29, 1.82) is 0 Å². The molecule has 2 rings (SSSR count). The van der Waals surface area contributed by atoms with Gasteiger partial charge in [0, 0.05) is 0 Å². The molecule has 5 nitrogen and oxygen atoms in total. The molecule has 1 aromatic carbocycles. The van der Waals surface area contributed by atoms with Crippen molar-refractivity contribution < 1.29 is 12.8 Å². The van der Waals surface area contributed by atoms with E-state index in [9.17, 15) is 8.42 Å². The molecule has 21 heavy (non-hydrogen) atoms. The third-order valence-corrected chi connectivity index (χ3v) is 4.49. The Balaban J connectivity index is 1.86. The lowest BCUT2D eigenvalue weighted by Gasteiger charge is -2.11. The number of hydrogen-bond donors (Lipinski definition) is 2. The molecule has 0 fully saturated rings. The van der Waals surface area contributed by atoms with Gasteiger partial charge in [0.05, 0.1) is 10.9 Å². The fraction of sp³-hybridized carbons (Fsp3) is 0.286. The van der Waals surface area contributed by atoms with Gasteiger partial charge in [0.2, 0.25) is 10.0 Å². The number of halogens is 1. The van der Waals surface area contributed by atoms with E-state index in [1.54, 1.807) is 12.1 Å². The maximum Gasteiger partial charge on any atom is 0.238 e. The Morgan fingerprint density at radius 2 is 1.90 bits per heavy atom. The van der Waals surface area contributed by atoms with Crippen LogP contribution in [0.1, 0.15) is 24.3 Å². The Morgan fingerprint density at radius 1 is 1.24 bits per heavy atom. The molecule has 0 spiro atoms. The fourth-order valence-corrected chi connectivity index (χ4v) is 2.77. The number of furan rings is 1. The lowest BCUT2D eigenvalue weighted by molar-refractivity contribution is 0.420. The molecule has 114 valence electrons. The van der Waals surface area contributed by atoms with Gasteiger partial charge in [0.1, 0.15) is 5.76 Å². The molecule has 0 aliphatic heterocycles. The van der Waals surface area contributed by atoms with Crippen molar-refractivity contribution in [2.24, 2.45) is 5.14 Å². The van der Waals surface area contributed by atoms with Crippen LogP contribution >= 0.6 is 15.9 Å². The summed E-state index contributed by atoms with van der Waals surface area (Å²) in [4.78, 5) is 0.132. The number of primary sulfonamides is 1. The molecule has 0 saturated heterocycles. The van der Waals surface area contributed by atoms with E-state index in [1.807, 2.05) is 19.1 Å². The lowest BCUT2D eigenvalue weighted by atomic mass is 10.1. The minimum atomic E-state index is -3.62. The van der Waals surface area contributed by atoms with E-state index in [-0.39, 0.29) is 10.9 Å². The van der Waals surface area contributed by atoms with E-state index in [4.69, 9.17) is 9.56 Å². The zero-order valence-electron chi connectivity index (χ0n) is 11.5. The van der Waals surface area contributed by atoms with Crippen LogP contribution in [0.4, 0.5) is 0 Å². The fourth-order valence-electron chi connectivity index (χ4n) is 1.94. The summed E-state index contributed by atoms with van der Waals surface area (Å²) in [5, 5.41) is 8.41. The first-order valence-corrected chi connectivity index (χ1v) is 8.80. The van der Waals surface area contributed by atoms with Gasteiger partial charge in [-0.05, 0) is 65.6 Å². The first-order valence-electron chi connectivity index (χ1n) is 6.46. The van der Waals surface area contributed by atoms with Gasteiger partial charge in [-0.3, -0.25) is 0 Å². The highest BCUT2D eigenvalue weighted by atomic mass is 79.9. The molecule has 0 radical (unpaired) electrons. The quantitative estimate of drug-likeness (QED) is 0.815. The van der Waals surface area contributed by atoms with Gasteiger partial charge in [0.15, 0.2) is 4.67 Å². The number of nitrogens with one attached hydrogen (secondary N) is 1. The summed E-state index contributed by atoms with van der Waals surface area (Å²) < 4.78 is 28.5. The summed E-state index contributed by atoms with van der Waals surface area (Å²) >= 11 is 3.27. The monoisotopic (exact) mass is 372 g/mol. The van der Waals surface area contributed by atoms with E-state index < -0.39 is 10.0 Å². The molecular formula is C14H17BrN2O3S. The van der Waals surface area contributed by atoms with Crippen LogP contribution < -0.4 is 10.5 Å².